The molecule has 1 aromatic carbocycles. The molecule has 2 nitrogen and oxygen atoms in total. The largest absolute Gasteiger partial charge is 0.493 e. The van der Waals surface area contributed by atoms with E-state index in [1.54, 1.807) is 0 Å². The van der Waals surface area contributed by atoms with Crippen molar-refractivity contribution < 1.29 is 4.74 Å². The van der Waals surface area contributed by atoms with Gasteiger partial charge < -0.3 is 10.5 Å². The van der Waals surface area contributed by atoms with Gasteiger partial charge in [-0.05, 0) is 54.5 Å². The van der Waals surface area contributed by atoms with Crippen molar-refractivity contribution in [2.75, 3.05) is 13.2 Å². The van der Waals surface area contributed by atoms with Crippen molar-refractivity contribution in [3.8, 4) is 5.75 Å². The molecule has 0 spiro atoms. The highest BCUT2D eigenvalue weighted by molar-refractivity contribution is 6.30. The lowest BCUT2D eigenvalue weighted by Crippen LogP contribution is -2.07. The molecule has 0 amide bonds. The zero-order valence-corrected chi connectivity index (χ0v) is 11.2. The van der Waals surface area contributed by atoms with Crippen LogP contribution in [0.3, 0.4) is 0 Å². The summed E-state index contributed by atoms with van der Waals surface area (Å²) in [7, 11) is 0. The minimum Gasteiger partial charge on any atom is -0.493 e. The van der Waals surface area contributed by atoms with Crippen LogP contribution in [0.1, 0.15) is 31.7 Å². The summed E-state index contributed by atoms with van der Waals surface area (Å²) in [5, 5.41) is 0.777. The summed E-state index contributed by atoms with van der Waals surface area (Å²) in [4.78, 5) is 0. The SMILES string of the molecule is CC(C)COc1ccc(Cl)cc1C1CC1CN. The second-order valence-corrected chi connectivity index (χ2v) is 5.66. The Bertz CT molecular complexity index is 392. The zero-order chi connectivity index (χ0) is 12.4. The fourth-order valence-corrected chi connectivity index (χ4v) is 2.27. The number of benzene rings is 1. The highest BCUT2D eigenvalue weighted by Gasteiger charge is 2.38. The first-order valence-electron chi connectivity index (χ1n) is 6.24. The van der Waals surface area contributed by atoms with E-state index in [1.165, 1.54) is 5.56 Å². The van der Waals surface area contributed by atoms with Crippen molar-refractivity contribution in [3.05, 3.63) is 28.8 Å². The Hall–Kier alpha value is -0.730. The molecule has 0 heterocycles. The average molecular weight is 254 g/mol. The first-order chi connectivity index (χ1) is 8.11. The highest BCUT2D eigenvalue weighted by Crippen LogP contribution is 2.50. The molecule has 0 radical (unpaired) electrons. The number of hydrogen-bond acceptors (Lipinski definition) is 2. The Morgan fingerprint density at radius 2 is 2.24 bits per heavy atom. The standard InChI is InChI=1S/C14H20ClNO/c1-9(2)8-17-14-4-3-11(15)6-13(14)12-5-10(12)7-16/h3-4,6,9-10,12H,5,7-8,16H2,1-2H3. The van der Waals surface area contributed by atoms with Crippen molar-refractivity contribution in [1.29, 1.82) is 0 Å². The van der Waals surface area contributed by atoms with Crippen LogP contribution >= 0.6 is 11.6 Å². The average Bonchev–Trinajstić information content (AvgIpc) is 3.06. The smallest absolute Gasteiger partial charge is 0.122 e. The summed E-state index contributed by atoms with van der Waals surface area (Å²) in [5.41, 5.74) is 6.93. The van der Waals surface area contributed by atoms with Crippen LogP contribution in [0, 0.1) is 11.8 Å². The third-order valence-electron chi connectivity index (χ3n) is 3.17. The maximum atomic E-state index is 6.06. The topological polar surface area (TPSA) is 35.2 Å². The van der Waals surface area contributed by atoms with Crippen molar-refractivity contribution >= 4 is 11.6 Å². The summed E-state index contributed by atoms with van der Waals surface area (Å²) in [5.74, 6) is 2.66. The molecule has 1 saturated carbocycles. The van der Waals surface area contributed by atoms with E-state index in [0.29, 0.717) is 17.8 Å². The minimum atomic E-state index is 0.531. The lowest BCUT2D eigenvalue weighted by atomic mass is 10.1. The van der Waals surface area contributed by atoms with E-state index in [2.05, 4.69) is 13.8 Å². The quantitative estimate of drug-likeness (QED) is 0.873. The Balaban J connectivity index is 2.14. The van der Waals surface area contributed by atoms with Gasteiger partial charge in [-0.2, -0.15) is 0 Å². The lowest BCUT2D eigenvalue weighted by molar-refractivity contribution is 0.268. The summed E-state index contributed by atoms with van der Waals surface area (Å²) in [6, 6.07) is 5.89. The van der Waals surface area contributed by atoms with Crippen LogP contribution in [0.5, 0.6) is 5.75 Å². The molecule has 1 aromatic rings. The maximum absolute atomic E-state index is 6.06. The van der Waals surface area contributed by atoms with Crippen molar-refractivity contribution in [2.45, 2.75) is 26.2 Å². The predicted molar refractivity (Wildman–Crippen MR) is 71.7 cm³/mol. The Morgan fingerprint density at radius 1 is 1.47 bits per heavy atom. The van der Waals surface area contributed by atoms with Gasteiger partial charge in [-0.25, -0.2) is 0 Å². The van der Waals surface area contributed by atoms with Gasteiger partial charge in [-0.1, -0.05) is 25.4 Å². The van der Waals surface area contributed by atoms with Gasteiger partial charge in [0.2, 0.25) is 0 Å². The van der Waals surface area contributed by atoms with Gasteiger partial charge in [0, 0.05) is 5.02 Å². The molecule has 2 atom stereocenters. The summed E-state index contributed by atoms with van der Waals surface area (Å²) < 4.78 is 5.85. The predicted octanol–water partition coefficient (Wildman–Crippen LogP) is 3.44. The van der Waals surface area contributed by atoms with Crippen molar-refractivity contribution in [2.24, 2.45) is 17.6 Å². The van der Waals surface area contributed by atoms with Crippen molar-refractivity contribution in [1.82, 2.24) is 0 Å². The minimum absolute atomic E-state index is 0.531. The number of ether oxygens (including phenoxy) is 1. The third kappa shape index (κ3) is 3.14. The first kappa shape index (κ1) is 12.7. The second kappa shape index (κ2) is 5.28. The molecule has 2 unspecified atom stereocenters. The van der Waals surface area contributed by atoms with E-state index in [0.717, 1.165) is 30.3 Å². The summed E-state index contributed by atoms with van der Waals surface area (Å²) >= 11 is 6.06. The van der Waals surface area contributed by atoms with Gasteiger partial charge in [0.05, 0.1) is 6.61 Å². The van der Waals surface area contributed by atoms with E-state index >= 15 is 0 Å². The van der Waals surface area contributed by atoms with Gasteiger partial charge in [0.15, 0.2) is 0 Å². The van der Waals surface area contributed by atoms with Gasteiger partial charge in [0.1, 0.15) is 5.75 Å². The molecular weight excluding hydrogens is 234 g/mol. The van der Waals surface area contributed by atoms with Gasteiger partial charge >= 0.3 is 0 Å². The van der Waals surface area contributed by atoms with E-state index in [-0.39, 0.29) is 0 Å². The summed E-state index contributed by atoms with van der Waals surface area (Å²) in [6.45, 7) is 5.79. The Labute approximate surface area is 108 Å². The van der Waals surface area contributed by atoms with E-state index < -0.39 is 0 Å². The normalized spacial score (nSPS) is 22.9. The van der Waals surface area contributed by atoms with Crippen LogP contribution < -0.4 is 10.5 Å². The third-order valence-corrected chi connectivity index (χ3v) is 3.40. The monoisotopic (exact) mass is 253 g/mol. The fourth-order valence-electron chi connectivity index (χ4n) is 2.09. The molecule has 0 saturated heterocycles. The van der Waals surface area contributed by atoms with Gasteiger partial charge in [-0.15, -0.1) is 0 Å². The molecule has 17 heavy (non-hydrogen) atoms. The van der Waals surface area contributed by atoms with E-state index in [9.17, 15) is 0 Å². The van der Waals surface area contributed by atoms with Crippen LogP contribution in [-0.4, -0.2) is 13.2 Å². The lowest BCUT2D eigenvalue weighted by Gasteiger charge is -2.13. The number of nitrogens with two attached hydrogens (primary N) is 1. The zero-order valence-electron chi connectivity index (χ0n) is 10.4. The van der Waals surface area contributed by atoms with Crippen LogP contribution in [0.15, 0.2) is 18.2 Å². The Kier molecular flexibility index (Phi) is 3.95. The maximum Gasteiger partial charge on any atom is 0.122 e. The van der Waals surface area contributed by atoms with Crippen LogP contribution in [0.25, 0.3) is 0 Å². The first-order valence-corrected chi connectivity index (χ1v) is 6.62. The molecule has 2 rings (SSSR count). The Morgan fingerprint density at radius 3 is 2.82 bits per heavy atom. The molecule has 3 heteroatoms. The van der Waals surface area contributed by atoms with Crippen LogP contribution in [0.4, 0.5) is 0 Å². The number of halogens is 1. The molecule has 1 fully saturated rings. The van der Waals surface area contributed by atoms with Crippen LogP contribution in [-0.2, 0) is 0 Å². The molecule has 0 aromatic heterocycles. The van der Waals surface area contributed by atoms with Crippen molar-refractivity contribution in [3.63, 3.8) is 0 Å². The number of hydrogen-bond donors (Lipinski definition) is 1. The van der Waals surface area contributed by atoms with E-state index in [4.69, 9.17) is 22.1 Å². The molecule has 94 valence electrons. The molecule has 0 bridgehead atoms. The highest BCUT2D eigenvalue weighted by atomic mass is 35.5. The van der Waals surface area contributed by atoms with Gasteiger partial charge in [0.25, 0.3) is 0 Å². The van der Waals surface area contributed by atoms with Gasteiger partial charge in [-0.3, -0.25) is 0 Å². The second-order valence-electron chi connectivity index (χ2n) is 5.22. The molecule has 2 N–H and O–H groups in total. The van der Waals surface area contributed by atoms with E-state index in [1.807, 2.05) is 18.2 Å². The number of rotatable bonds is 5. The molecular formula is C14H20ClNO. The summed E-state index contributed by atoms with van der Waals surface area (Å²) in [6.07, 6.45) is 1.16. The fraction of sp³-hybridized carbons (Fsp3) is 0.571. The molecule has 1 aliphatic carbocycles. The van der Waals surface area contributed by atoms with Crippen LogP contribution in [0.2, 0.25) is 5.02 Å². The molecule has 1 aliphatic rings. The molecule has 0 aliphatic heterocycles.